The number of hydrogen-bond donors (Lipinski definition) is 0. The van der Waals surface area contributed by atoms with Crippen LogP contribution in [0, 0.1) is 0 Å². The van der Waals surface area contributed by atoms with E-state index in [-0.39, 0.29) is 0 Å². The van der Waals surface area contributed by atoms with Crippen molar-refractivity contribution >= 4 is 74.9 Å². The number of hydrogen-bond acceptors (Lipinski definition) is 4. The molecular formula is C47H28N4S. The fourth-order valence-corrected chi connectivity index (χ4v) is 9.05. The summed E-state index contributed by atoms with van der Waals surface area (Å²) in [6, 6.07) is 60.3. The standard InChI is InChI=1S/C47H28N4S/c1-3-14-31(15-4-1)45-48-46(32-16-5-2-6-17-32)50-47(49-45)38-20-11-21-40-43(38)36-26-24-33(28-41(36)52-40)51-39-27-23-29-12-7-9-18-34(29)42(39)37-25-22-30-13-8-10-19-35(30)44(37)51/h1-28H. The molecule has 0 amide bonds. The Morgan fingerprint density at radius 2 is 1.02 bits per heavy atom. The molecule has 3 aromatic heterocycles. The maximum Gasteiger partial charge on any atom is 0.164 e. The third-order valence-electron chi connectivity index (χ3n) is 10.2. The lowest BCUT2D eigenvalue weighted by Crippen LogP contribution is -2.00. The van der Waals surface area contributed by atoms with Crippen molar-refractivity contribution in [3.63, 3.8) is 0 Å². The highest BCUT2D eigenvalue weighted by Gasteiger charge is 2.20. The fourth-order valence-electron chi connectivity index (χ4n) is 7.88. The Balaban J connectivity index is 1.16. The van der Waals surface area contributed by atoms with Gasteiger partial charge in [-0.25, -0.2) is 15.0 Å². The van der Waals surface area contributed by atoms with Gasteiger partial charge in [0.1, 0.15) is 0 Å². The van der Waals surface area contributed by atoms with Crippen molar-refractivity contribution in [1.82, 2.24) is 19.5 Å². The molecule has 0 saturated heterocycles. The van der Waals surface area contributed by atoms with Gasteiger partial charge in [-0.3, -0.25) is 0 Å². The SMILES string of the molecule is c1ccc(-c2nc(-c3ccccc3)nc(-c3cccc4sc5cc(-n6c7ccc8ccccc8c7c7ccc8ccccc8c76)ccc5c34)n2)cc1. The molecule has 0 fully saturated rings. The van der Waals surface area contributed by atoms with Gasteiger partial charge in [-0.15, -0.1) is 11.3 Å². The average Bonchev–Trinajstić information content (AvgIpc) is 3.77. The van der Waals surface area contributed by atoms with Gasteiger partial charge in [0.05, 0.1) is 11.0 Å². The quantitative estimate of drug-likeness (QED) is 0.186. The molecule has 11 aromatic rings. The first kappa shape index (κ1) is 29.1. The second kappa shape index (κ2) is 11.4. The van der Waals surface area contributed by atoms with E-state index in [2.05, 4.69) is 138 Å². The molecule has 0 bridgehead atoms. The van der Waals surface area contributed by atoms with Gasteiger partial charge in [0, 0.05) is 58.7 Å². The monoisotopic (exact) mass is 680 g/mol. The van der Waals surface area contributed by atoms with Crippen molar-refractivity contribution < 1.29 is 0 Å². The number of thiophene rings is 1. The average molecular weight is 681 g/mol. The zero-order chi connectivity index (χ0) is 34.2. The minimum Gasteiger partial charge on any atom is -0.309 e. The van der Waals surface area contributed by atoms with Crippen LogP contribution in [0.25, 0.3) is 103 Å². The Bertz CT molecular complexity index is 3120. The van der Waals surface area contributed by atoms with Gasteiger partial charge in [-0.05, 0) is 40.4 Å². The number of benzene rings is 8. The lowest BCUT2D eigenvalue weighted by atomic mass is 10.0. The number of fused-ring (bicyclic) bond motifs is 10. The summed E-state index contributed by atoms with van der Waals surface area (Å²) in [6.45, 7) is 0. The zero-order valence-corrected chi connectivity index (χ0v) is 28.7. The molecule has 0 aliphatic carbocycles. The molecule has 0 saturated carbocycles. The van der Waals surface area contributed by atoms with E-state index in [9.17, 15) is 0 Å². The second-order valence-electron chi connectivity index (χ2n) is 13.2. The van der Waals surface area contributed by atoms with Gasteiger partial charge in [-0.1, -0.05) is 146 Å². The van der Waals surface area contributed by atoms with Crippen LogP contribution in [0.5, 0.6) is 0 Å². The predicted octanol–water partition coefficient (Wildman–Crippen LogP) is 12.6. The third kappa shape index (κ3) is 4.43. The van der Waals surface area contributed by atoms with Crippen LogP contribution >= 0.6 is 11.3 Å². The van der Waals surface area contributed by atoms with Crippen LogP contribution in [0.1, 0.15) is 0 Å². The minimum absolute atomic E-state index is 0.661. The summed E-state index contributed by atoms with van der Waals surface area (Å²) in [5.74, 6) is 1.99. The summed E-state index contributed by atoms with van der Waals surface area (Å²) in [4.78, 5) is 15.1. The molecule has 11 rings (SSSR count). The zero-order valence-electron chi connectivity index (χ0n) is 27.9. The Labute approximate surface area is 302 Å². The molecule has 0 unspecified atom stereocenters. The van der Waals surface area contributed by atoms with E-state index >= 15 is 0 Å². The fraction of sp³-hybridized carbons (Fsp3) is 0. The molecule has 0 aliphatic rings. The first-order valence-electron chi connectivity index (χ1n) is 17.5. The van der Waals surface area contributed by atoms with Crippen molar-refractivity contribution in [1.29, 1.82) is 0 Å². The summed E-state index contributed by atoms with van der Waals surface area (Å²) in [7, 11) is 0. The molecule has 0 radical (unpaired) electrons. The highest BCUT2D eigenvalue weighted by Crippen LogP contribution is 2.43. The number of aromatic nitrogens is 4. The maximum atomic E-state index is 5.09. The molecule has 0 aliphatic heterocycles. The van der Waals surface area contributed by atoms with E-state index < -0.39 is 0 Å². The topological polar surface area (TPSA) is 43.6 Å². The summed E-state index contributed by atoms with van der Waals surface area (Å²) in [5.41, 5.74) is 6.51. The van der Waals surface area contributed by atoms with Crippen molar-refractivity contribution in [3.05, 3.63) is 170 Å². The summed E-state index contributed by atoms with van der Waals surface area (Å²) >= 11 is 1.82. The van der Waals surface area contributed by atoms with E-state index in [4.69, 9.17) is 15.0 Å². The molecular weight excluding hydrogens is 653 g/mol. The first-order valence-corrected chi connectivity index (χ1v) is 18.3. The van der Waals surface area contributed by atoms with Crippen molar-refractivity contribution in [2.75, 3.05) is 0 Å². The van der Waals surface area contributed by atoms with E-state index in [0.29, 0.717) is 17.5 Å². The van der Waals surface area contributed by atoms with Crippen LogP contribution in [-0.4, -0.2) is 19.5 Å². The van der Waals surface area contributed by atoms with Crippen LogP contribution in [0.2, 0.25) is 0 Å². The van der Waals surface area contributed by atoms with Crippen LogP contribution in [0.3, 0.4) is 0 Å². The molecule has 4 nitrogen and oxygen atoms in total. The molecule has 0 atom stereocenters. The molecule has 242 valence electrons. The predicted molar refractivity (Wildman–Crippen MR) is 218 cm³/mol. The number of rotatable bonds is 4. The van der Waals surface area contributed by atoms with Crippen molar-refractivity contribution in [3.8, 4) is 39.9 Å². The molecule has 0 spiro atoms. The van der Waals surface area contributed by atoms with Crippen LogP contribution < -0.4 is 0 Å². The highest BCUT2D eigenvalue weighted by atomic mass is 32.1. The lowest BCUT2D eigenvalue weighted by molar-refractivity contribution is 1.08. The molecule has 5 heteroatoms. The van der Waals surface area contributed by atoms with Crippen LogP contribution in [0.4, 0.5) is 0 Å². The molecule has 3 heterocycles. The summed E-state index contributed by atoms with van der Waals surface area (Å²) in [6.07, 6.45) is 0. The van der Waals surface area contributed by atoms with Gasteiger partial charge in [0.25, 0.3) is 0 Å². The highest BCUT2D eigenvalue weighted by molar-refractivity contribution is 7.26. The molecule has 0 N–H and O–H groups in total. The maximum absolute atomic E-state index is 5.09. The van der Waals surface area contributed by atoms with Gasteiger partial charge in [0.15, 0.2) is 17.5 Å². The van der Waals surface area contributed by atoms with E-state index in [0.717, 1.165) is 27.8 Å². The second-order valence-corrected chi connectivity index (χ2v) is 14.3. The molecule has 8 aromatic carbocycles. The number of nitrogens with zero attached hydrogens (tertiary/aromatic N) is 4. The third-order valence-corrected chi connectivity index (χ3v) is 11.3. The Morgan fingerprint density at radius 3 is 1.77 bits per heavy atom. The van der Waals surface area contributed by atoms with Gasteiger partial charge >= 0.3 is 0 Å². The van der Waals surface area contributed by atoms with Crippen molar-refractivity contribution in [2.24, 2.45) is 0 Å². The molecule has 52 heavy (non-hydrogen) atoms. The van der Waals surface area contributed by atoms with Gasteiger partial charge < -0.3 is 4.57 Å². The first-order chi connectivity index (χ1) is 25.8. The summed E-state index contributed by atoms with van der Waals surface area (Å²) in [5, 5.41) is 9.91. The van der Waals surface area contributed by atoms with Crippen molar-refractivity contribution in [2.45, 2.75) is 0 Å². The summed E-state index contributed by atoms with van der Waals surface area (Å²) < 4.78 is 4.89. The Hall–Kier alpha value is -6.69. The largest absolute Gasteiger partial charge is 0.309 e. The van der Waals surface area contributed by atoms with Gasteiger partial charge in [-0.2, -0.15) is 0 Å². The van der Waals surface area contributed by atoms with E-state index in [1.165, 1.54) is 58.1 Å². The Kier molecular flexibility index (Phi) is 6.39. The lowest BCUT2D eigenvalue weighted by Gasteiger charge is -2.11. The minimum atomic E-state index is 0.661. The Morgan fingerprint density at radius 1 is 0.404 bits per heavy atom. The van der Waals surface area contributed by atoms with E-state index in [1.807, 2.05) is 47.7 Å². The smallest absolute Gasteiger partial charge is 0.164 e. The van der Waals surface area contributed by atoms with E-state index in [1.54, 1.807) is 0 Å². The van der Waals surface area contributed by atoms with Crippen LogP contribution in [0.15, 0.2) is 170 Å². The normalized spacial score (nSPS) is 11.8. The van der Waals surface area contributed by atoms with Gasteiger partial charge in [0.2, 0.25) is 0 Å². The van der Waals surface area contributed by atoms with Crippen LogP contribution in [-0.2, 0) is 0 Å².